The molecule has 0 N–H and O–H groups in total. The van der Waals surface area contributed by atoms with Crippen molar-refractivity contribution in [3.8, 4) is 5.88 Å². The first-order valence-corrected chi connectivity index (χ1v) is 12.7. The van der Waals surface area contributed by atoms with Gasteiger partial charge >= 0.3 is 0 Å². The number of benzene rings is 4. The van der Waals surface area contributed by atoms with Crippen LogP contribution in [-0.2, 0) is 0 Å². The maximum absolute atomic E-state index is 13.6. The van der Waals surface area contributed by atoms with E-state index >= 15 is 0 Å². The summed E-state index contributed by atoms with van der Waals surface area (Å²) in [7, 11) is -1.25. The molecule has 0 aliphatic carbocycles. The lowest BCUT2D eigenvalue weighted by atomic mass is 10.2. The second kappa shape index (κ2) is 8.61. The van der Waals surface area contributed by atoms with Crippen LogP contribution in [0.2, 0.25) is 0 Å². The minimum atomic E-state index is -1.25. The summed E-state index contributed by atoms with van der Waals surface area (Å²) in [6, 6.07) is 31.7. The smallest absolute Gasteiger partial charge is 0.266 e. The van der Waals surface area contributed by atoms with Gasteiger partial charge in [-0.3, -0.25) is 9.20 Å². The Morgan fingerprint density at radius 3 is 1.91 bits per heavy atom. The molecule has 0 bridgehead atoms. The molecule has 0 aliphatic rings. The van der Waals surface area contributed by atoms with E-state index in [0.717, 1.165) is 10.6 Å². The van der Waals surface area contributed by atoms with Crippen LogP contribution in [0.4, 0.5) is 0 Å². The first kappa shape index (κ1) is 21.5. The molecule has 6 heteroatoms. The van der Waals surface area contributed by atoms with E-state index in [2.05, 4.69) is 62.4 Å². The topological polar surface area (TPSA) is 56.5 Å². The third-order valence-corrected chi connectivity index (χ3v) is 7.92. The Bertz CT molecular complexity index is 1720. The highest BCUT2D eigenvalue weighted by atomic mass is 31.1. The maximum atomic E-state index is 13.6. The lowest BCUT2D eigenvalue weighted by Crippen LogP contribution is -2.20. The van der Waals surface area contributed by atoms with E-state index in [4.69, 9.17) is 14.5 Å². The molecular formula is C29H22N3O2P. The van der Waals surface area contributed by atoms with Crippen LogP contribution >= 0.6 is 8.15 Å². The molecule has 35 heavy (non-hydrogen) atoms. The number of hydrogen-bond donors (Lipinski definition) is 0. The molecule has 6 rings (SSSR count). The van der Waals surface area contributed by atoms with Gasteiger partial charge in [0.15, 0.2) is 8.15 Å². The van der Waals surface area contributed by atoms with E-state index in [0.29, 0.717) is 33.5 Å². The van der Waals surface area contributed by atoms with Crippen LogP contribution in [0.15, 0.2) is 102 Å². The molecule has 0 saturated heterocycles. The molecule has 0 fully saturated rings. The van der Waals surface area contributed by atoms with Crippen molar-refractivity contribution in [1.82, 2.24) is 14.4 Å². The fraction of sp³-hybridized carbons (Fsp3) is 0.0690. The minimum Gasteiger partial charge on any atom is -0.444 e. The summed E-state index contributed by atoms with van der Waals surface area (Å²) >= 11 is 0. The van der Waals surface area contributed by atoms with Crippen LogP contribution in [0.5, 0.6) is 5.88 Å². The molecule has 170 valence electrons. The summed E-state index contributed by atoms with van der Waals surface area (Å²) in [6.45, 7) is 4.14. The van der Waals surface area contributed by atoms with Crippen LogP contribution in [0.1, 0.15) is 11.1 Å². The highest BCUT2D eigenvalue weighted by molar-refractivity contribution is 7.68. The quantitative estimate of drug-likeness (QED) is 0.194. The third kappa shape index (κ3) is 3.84. The third-order valence-electron chi connectivity index (χ3n) is 6.03. The summed E-state index contributed by atoms with van der Waals surface area (Å²) in [6.07, 6.45) is 0. The molecule has 5 nitrogen and oxygen atoms in total. The monoisotopic (exact) mass is 475 g/mol. The molecule has 0 unspecified atom stereocenters. The SMILES string of the molecule is Cc1ccc(P(Oc2nc3ccccc3n3c(=O)c4ccccc4nc23)c2ccc(C)cc2)cc1. The predicted molar refractivity (Wildman–Crippen MR) is 143 cm³/mol. The van der Waals surface area contributed by atoms with Gasteiger partial charge in [-0.25, -0.2) is 9.97 Å². The predicted octanol–water partition coefficient (Wildman–Crippen LogP) is 5.44. The zero-order valence-corrected chi connectivity index (χ0v) is 20.2. The van der Waals surface area contributed by atoms with Crippen molar-refractivity contribution in [2.45, 2.75) is 13.8 Å². The van der Waals surface area contributed by atoms with E-state index in [1.807, 2.05) is 42.5 Å². The number of nitrogens with zero attached hydrogens (tertiary/aromatic N) is 3. The van der Waals surface area contributed by atoms with Crippen LogP contribution in [0.25, 0.3) is 27.6 Å². The summed E-state index contributed by atoms with van der Waals surface area (Å²) in [5, 5.41) is 2.68. The van der Waals surface area contributed by atoms with E-state index in [-0.39, 0.29) is 5.56 Å². The molecular weight excluding hydrogens is 453 g/mol. The molecule has 0 aliphatic heterocycles. The second-order valence-corrected chi connectivity index (χ2v) is 10.4. The summed E-state index contributed by atoms with van der Waals surface area (Å²) in [5.74, 6) is 0.346. The van der Waals surface area contributed by atoms with Crippen LogP contribution in [-0.4, -0.2) is 14.4 Å². The van der Waals surface area contributed by atoms with Crippen molar-refractivity contribution in [3.05, 3.63) is 119 Å². The number of para-hydroxylation sites is 3. The first-order valence-electron chi connectivity index (χ1n) is 11.4. The first-order chi connectivity index (χ1) is 17.1. The van der Waals surface area contributed by atoms with Crippen molar-refractivity contribution in [3.63, 3.8) is 0 Å². The van der Waals surface area contributed by atoms with Gasteiger partial charge in [-0.05, 0) is 38.1 Å². The van der Waals surface area contributed by atoms with Crippen molar-refractivity contribution in [1.29, 1.82) is 0 Å². The second-order valence-electron chi connectivity index (χ2n) is 8.56. The Hall–Kier alpha value is -4.08. The highest BCUT2D eigenvalue weighted by Gasteiger charge is 2.22. The number of aromatic nitrogens is 3. The van der Waals surface area contributed by atoms with Crippen molar-refractivity contribution in [2.24, 2.45) is 0 Å². The van der Waals surface area contributed by atoms with Crippen LogP contribution < -0.4 is 20.7 Å². The Kier molecular flexibility index (Phi) is 5.28. The van der Waals surface area contributed by atoms with Gasteiger partial charge in [0, 0.05) is 10.6 Å². The molecule has 0 atom stereocenters. The fourth-order valence-electron chi connectivity index (χ4n) is 4.17. The fourth-order valence-corrected chi connectivity index (χ4v) is 5.81. The zero-order chi connectivity index (χ0) is 23.9. The number of fused-ring (bicyclic) bond motifs is 4. The van der Waals surface area contributed by atoms with Crippen molar-refractivity contribution in [2.75, 3.05) is 0 Å². The number of aryl methyl sites for hydroxylation is 2. The molecule has 2 aromatic heterocycles. The molecule has 4 aromatic carbocycles. The van der Waals surface area contributed by atoms with Gasteiger partial charge in [0.25, 0.3) is 11.4 Å². The Morgan fingerprint density at radius 1 is 0.686 bits per heavy atom. The largest absolute Gasteiger partial charge is 0.444 e. The van der Waals surface area contributed by atoms with E-state index < -0.39 is 8.15 Å². The molecule has 0 spiro atoms. The van der Waals surface area contributed by atoms with Gasteiger partial charge < -0.3 is 4.52 Å². The number of rotatable bonds is 4. The lowest BCUT2D eigenvalue weighted by molar-refractivity contribution is 0.605. The van der Waals surface area contributed by atoms with Gasteiger partial charge in [0.05, 0.1) is 21.9 Å². The van der Waals surface area contributed by atoms with Gasteiger partial charge in [0.1, 0.15) is 0 Å². The van der Waals surface area contributed by atoms with Crippen molar-refractivity contribution < 1.29 is 4.52 Å². The normalized spacial score (nSPS) is 11.5. The maximum Gasteiger partial charge on any atom is 0.266 e. The van der Waals surface area contributed by atoms with E-state index in [1.54, 1.807) is 10.5 Å². The molecule has 6 aromatic rings. The molecule has 2 heterocycles. The number of hydrogen-bond acceptors (Lipinski definition) is 4. The van der Waals surface area contributed by atoms with Crippen LogP contribution in [0.3, 0.4) is 0 Å². The summed E-state index contributed by atoms with van der Waals surface area (Å²) in [4.78, 5) is 23.3. The zero-order valence-electron chi connectivity index (χ0n) is 19.3. The molecule has 0 saturated carbocycles. The average Bonchev–Trinajstić information content (AvgIpc) is 2.88. The standard InChI is InChI=1S/C29H22N3O2P/c1-19-11-15-21(16-12-19)35(22-17-13-20(2)14-18-22)34-28-27-30-24-8-4-3-7-23(24)29(33)32(27)26-10-6-5-9-25(26)31-28/h3-18H,1-2H3. The van der Waals surface area contributed by atoms with Gasteiger partial charge in [-0.15, -0.1) is 0 Å². The van der Waals surface area contributed by atoms with E-state index in [9.17, 15) is 4.79 Å². The Balaban J connectivity index is 1.62. The Labute approximate surface area is 203 Å². The van der Waals surface area contributed by atoms with Gasteiger partial charge in [-0.1, -0.05) is 83.9 Å². The summed E-state index contributed by atoms with van der Waals surface area (Å²) in [5.41, 5.74) is 4.64. The van der Waals surface area contributed by atoms with Gasteiger partial charge in [0.2, 0.25) is 5.65 Å². The van der Waals surface area contributed by atoms with Crippen molar-refractivity contribution >= 4 is 46.3 Å². The lowest BCUT2D eigenvalue weighted by Gasteiger charge is -2.20. The minimum absolute atomic E-state index is 0.135. The summed E-state index contributed by atoms with van der Waals surface area (Å²) < 4.78 is 8.35. The average molecular weight is 475 g/mol. The van der Waals surface area contributed by atoms with E-state index in [1.165, 1.54) is 11.1 Å². The van der Waals surface area contributed by atoms with Crippen LogP contribution in [0, 0.1) is 13.8 Å². The molecule has 0 radical (unpaired) electrons. The Morgan fingerprint density at radius 2 is 1.26 bits per heavy atom. The molecule has 0 amide bonds. The highest BCUT2D eigenvalue weighted by Crippen LogP contribution is 2.38. The van der Waals surface area contributed by atoms with Gasteiger partial charge in [-0.2, -0.15) is 0 Å².